The van der Waals surface area contributed by atoms with Crippen molar-refractivity contribution in [3.63, 3.8) is 0 Å². The van der Waals surface area contributed by atoms with Crippen LogP contribution < -0.4 is 9.46 Å². The molecule has 0 radical (unpaired) electrons. The smallest absolute Gasteiger partial charge is 0.419 e. The number of aromatic nitrogens is 2. The number of rotatable bonds is 6. The molecule has 156 valence electrons. The van der Waals surface area contributed by atoms with Crippen LogP contribution in [0.3, 0.4) is 0 Å². The van der Waals surface area contributed by atoms with Crippen LogP contribution in [0, 0.1) is 11.7 Å². The first-order valence-electron chi connectivity index (χ1n) is 9.20. The second kappa shape index (κ2) is 8.36. The van der Waals surface area contributed by atoms with Crippen molar-refractivity contribution in [2.75, 3.05) is 6.54 Å². The van der Waals surface area contributed by atoms with Crippen molar-refractivity contribution in [1.29, 1.82) is 0 Å². The molecule has 0 amide bonds. The van der Waals surface area contributed by atoms with E-state index < -0.39 is 28.5 Å². The van der Waals surface area contributed by atoms with Crippen molar-refractivity contribution in [1.82, 2.24) is 14.7 Å². The maximum atomic E-state index is 13.7. The van der Waals surface area contributed by atoms with E-state index in [0.29, 0.717) is 18.5 Å². The maximum Gasteiger partial charge on any atom is 0.419 e. The third-order valence-corrected chi connectivity index (χ3v) is 6.18. The molecule has 0 bridgehead atoms. The highest BCUT2D eigenvalue weighted by Gasteiger charge is 2.35. The predicted molar refractivity (Wildman–Crippen MR) is 98.7 cm³/mol. The van der Waals surface area contributed by atoms with Gasteiger partial charge < -0.3 is 9.72 Å². The molecule has 1 aromatic carbocycles. The first-order valence-corrected chi connectivity index (χ1v) is 10.4. The van der Waals surface area contributed by atoms with Gasteiger partial charge in [0.25, 0.3) is 6.01 Å². The van der Waals surface area contributed by atoms with Crippen molar-refractivity contribution < 1.29 is 26.5 Å². The number of H-pyrrole nitrogens is 1. The van der Waals surface area contributed by atoms with Crippen LogP contribution in [0.2, 0.25) is 0 Å². The Labute approximate surface area is 162 Å². The molecule has 2 aromatic rings. The predicted octanol–water partition coefficient (Wildman–Crippen LogP) is 4.32. The van der Waals surface area contributed by atoms with E-state index in [1.807, 2.05) is 13.8 Å². The Balaban J connectivity index is 1.58. The quantitative estimate of drug-likeness (QED) is 0.683. The van der Waals surface area contributed by atoms with Crippen molar-refractivity contribution in [2.24, 2.45) is 5.92 Å². The molecule has 1 aliphatic carbocycles. The molecular formula is C18H23F4N3O2S. The van der Waals surface area contributed by atoms with Crippen LogP contribution in [0.15, 0.2) is 12.1 Å². The molecule has 1 atom stereocenters. The van der Waals surface area contributed by atoms with Crippen LogP contribution in [0.5, 0.6) is 6.01 Å². The van der Waals surface area contributed by atoms with Gasteiger partial charge in [-0.25, -0.2) is 13.3 Å². The van der Waals surface area contributed by atoms with Gasteiger partial charge in [-0.05, 0) is 51.5 Å². The summed E-state index contributed by atoms with van der Waals surface area (Å²) in [4.78, 5) is 6.74. The monoisotopic (exact) mass is 421 g/mol. The molecule has 2 N–H and O–H groups in total. The van der Waals surface area contributed by atoms with E-state index in [2.05, 4.69) is 14.7 Å². The van der Waals surface area contributed by atoms with Crippen molar-refractivity contribution in [2.45, 2.75) is 57.1 Å². The van der Waals surface area contributed by atoms with Gasteiger partial charge in [0, 0.05) is 17.9 Å². The molecule has 3 rings (SSSR count). The molecule has 0 spiro atoms. The third kappa shape index (κ3) is 5.02. The van der Waals surface area contributed by atoms with E-state index in [0.717, 1.165) is 31.7 Å². The highest BCUT2D eigenvalue weighted by molar-refractivity contribution is 7.83. The molecule has 10 heteroatoms. The molecule has 5 nitrogen and oxygen atoms in total. The highest BCUT2D eigenvalue weighted by atomic mass is 32.2. The fourth-order valence-corrected chi connectivity index (χ4v) is 3.99. The molecule has 0 saturated heterocycles. The molecular weight excluding hydrogens is 398 g/mol. The van der Waals surface area contributed by atoms with Crippen LogP contribution in [-0.4, -0.2) is 32.1 Å². The minimum absolute atomic E-state index is 0.0652. The van der Waals surface area contributed by atoms with Crippen molar-refractivity contribution >= 4 is 22.0 Å². The summed E-state index contributed by atoms with van der Waals surface area (Å²) in [6.07, 6.45) is -1.57. The van der Waals surface area contributed by atoms with Crippen LogP contribution in [0.25, 0.3) is 11.0 Å². The Kier molecular flexibility index (Phi) is 6.28. The molecule has 1 aromatic heterocycles. The zero-order chi connectivity index (χ0) is 20.5. The number of hydrogen-bond acceptors (Lipinski definition) is 3. The van der Waals surface area contributed by atoms with E-state index in [4.69, 9.17) is 4.74 Å². The summed E-state index contributed by atoms with van der Waals surface area (Å²) in [6, 6.07) is 1.57. The molecule has 1 saturated carbocycles. The van der Waals surface area contributed by atoms with E-state index in [9.17, 15) is 21.8 Å². The highest BCUT2D eigenvalue weighted by Crippen LogP contribution is 2.34. The number of benzene rings is 1. The maximum absolute atomic E-state index is 13.7. The standard InChI is InChI=1S/C18H23F4N3O2S/c1-10(2)28(26)23-9-11-3-5-12(6-4-11)27-17-24-15-7-13(18(20,21)22)14(19)8-16(15)25-17/h7-8,10-12,23H,3-6,9H2,1-2H3,(H,24,25). The fourth-order valence-electron chi connectivity index (χ4n) is 3.26. The summed E-state index contributed by atoms with van der Waals surface area (Å²) in [5.74, 6) is -0.952. The van der Waals surface area contributed by atoms with Gasteiger partial charge in [0.1, 0.15) is 11.9 Å². The lowest BCUT2D eigenvalue weighted by Crippen LogP contribution is -2.33. The van der Waals surface area contributed by atoms with Gasteiger partial charge in [-0.3, -0.25) is 0 Å². The van der Waals surface area contributed by atoms with Gasteiger partial charge in [-0.2, -0.15) is 18.2 Å². The van der Waals surface area contributed by atoms with E-state index in [1.165, 1.54) is 0 Å². The Hall–Kier alpha value is -1.68. The second-order valence-electron chi connectivity index (χ2n) is 7.34. The zero-order valence-corrected chi connectivity index (χ0v) is 16.4. The van der Waals surface area contributed by atoms with E-state index in [-0.39, 0.29) is 28.4 Å². The van der Waals surface area contributed by atoms with Crippen LogP contribution in [0.4, 0.5) is 17.6 Å². The van der Waals surface area contributed by atoms with Gasteiger partial charge in [0.05, 0.1) is 27.6 Å². The summed E-state index contributed by atoms with van der Waals surface area (Å²) in [5.41, 5.74) is -1.16. The second-order valence-corrected chi connectivity index (χ2v) is 9.17. The summed E-state index contributed by atoms with van der Waals surface area (Å²) in [7, 11) is -1.04. The molecule has 0 aliphatic heterocycles. The number of halogens is 4. The van der Waals surface area contributed by atoms with E-state index in [1.54, 1.807) is 0 Å². The lowest BCUT2D eigenvalue weighted by molar-refractivity contribution is -0.139. The molecule has 1 heterocycles. The Morgan fingerprint density at radius 1 is 1.29 bits per heavy atom. The minimum Gasteiger partial charge on any atom is -0.461 e. The lowest BCUT2D eigenvalue weighted by Gasteiger charge is -2.28. The Morgan fingerprint density at radius 3 is 2.57 bits per heavy atom. The SMILES string of the molecule is CC(C)S(=O)NCC1CCC(Oc2nc3cc(F)c(C(F)(F)F)cc3[nH]2)CC1. The number of fused-ring (bicyclic) bond motifs is 1. The number of aromatic amines is 1. The number of nitrogens with zero attached hydrogens (tertiary/aromatic N) is 1. The molecule has 1 unspecified atom stereocenters. The minimum atomic E-state index is -4.77. The van der Waals surface area contributed by atoms with Crippen molar-refractivity contribution in [3.8, 4) is 6.01 Å². The third-order valence-electron chi connectivity index (χ3n) is 4.87. The van der Waals surface area contributed by atoms with Crippen LogP contribution in [-0.2, 0) is 17.2 Å². The molecule has 1 fully saturated rings. The van der Waals surface area contributed by atoms with Gasteiger partial charge in [0.15, 0.2) is 0 Å². The number of alkyl halides is 3. The number of ether oxygens (including phenoxy) is 1. The molecule has 1 aliphatic rings. The largest absolute Gasteiger partial charge is 0.461 e. The normalized spacial score (nSPS) is 22.0. The molecule has 28 heavy (non-hydrogen) atoms. The summed E-state index contributed by atoms with van der Waals surface area (Å²) in [6.45, 7) is 4.47. The van der Waals surface area contributed by atoms with Crippen molar-refractivity contribution in [3.05, 3.63) is 23.5 Å². The first kappa shape index (κ1) is 21.0. The summed E-state index contributed by atoms with van der Waals surface area (Å²) in [5, 5.41) is 0.0652. The Morgan fingerprint density at radius 2 is 1.96 bits per heavy atom. The average Bonchev–Trinajstić information content (AvgIpc) is 3.00. The van der Waals surface area contributed by atoms with E-state index >= 15 is 0 Å². The number of hydrogen-bond donors (Lipinski definition) is 2. The van der Waals surface area contributed by atoms with Crippen LogP contribution in [0.1, 0.15) is 45.1 Å². The number of nitrogens with one attached hydrogen (secondary N) is 2. The summed E-state index contributed by atoms with van der Waals surface area (Å²) < 4.78 is 72.7. The zero-order valence-electron chi connectivity index (χ0n) is 15.6. The van der Waals surface area contributed by atoms with Gasteiger partial charge in [-0.15, -0.1) is 0 Å². The van der Waals surface area contributed by atoms with Gasteiger partial charge in [0.2, 0.25) is 0 Å². The fraction of sp³-hybridized carbons (Fsp3) is 0.611. The topological polar surface area (TPSA) is 67.0 Å². The Bertz CT molecular complexity index is 845. The number of imidazole rings is 1. The van der Waals surface area contributed by atoms with Gasteiger partial charge in [-0.1, -0.05) is 0 Å². The first-order chi connectivity index (χ1) is 13.1. The average molecular weight is 421 g/mol. The summed E-state index contributed by atoms with van der Waals surface area (Å²) >= 11 is 0. The van der Waals surface area contributed by atoms with Gasteiger partial charge >= 0.3 is 6.18 Å². The van der Waals surface area contributed by atoms with Crippen LogP contribution >= 0.6 is 0 Å². The lowest BCUT2D eigenvalue weighted by atomic mass is 9.87.